The lowest BCUT2D eigenvalue weighted by Crippen LogP contribution is -2.24. The van der Waals surface area contributed by atoms with E-state index in [0.717, 1.165) is 24.1 Å². The van der Waals surface area contributed by atoms with E-state index in [-0.39, 0.29) is 23.5 Å². The maximum absolute atomic E-state index is 15.2. The van der Waals surface area contributed by atoms with Gasteiger partial charge in [0.15, 0.2) is 11.6 Å². The average Bonchev–Trinajstić information content (AvgIpc) is 3.18. The monoisotopic (exact) mass is 487 g/mol. The number of allylic oxidation sites excluding steroid dienone is 1. The molecule has 1 amide bonds. The Morgan fingerprint density at radius 3 is 2.53 bits per heavy atom. The first-order chi connectivity index (χ1) is 15.9. The number of nitrogens with zero attached hydrogens (tertiary/aromatic N) is 2. The summed E-state index contributed by atoms with van der Waals surface area (Å²) < 4.78 is 17.1. The largest absolute Gasteiger partial charge is 0.309 e. The molecule has 5 nitrogen and oxygen atoms in total. The SMILES string of the molecule is C=CC(=O)CC(CC)C(=O)Nc1cc(-c2cccc(C(F)(P)CCC)c2)n(CCC(C)(C)C)n1. The Kier molecular flexibility index (Phi) is 9.75. The van der Waals surface area contributed by atoms with Crippen LogP contribution in [0.3, 0.4) is 0 Å². The number of benzene rings is 1. The maximum atomic E-state index is 15.2. The van der Waals surface area contributed by atoms with E-state index in [1.807, 2.05) is 42.8 Å². The van der Waals surface area contributed by atoms with Crippen LogP contribution in [0.5, 0.6) is 0 Å². The van der Waals surface area contributed by atoms with Gasteiger partial charge in [0.25, 0.3) is 0 Å². The molecule has 3 atom stereocenters. The van der Waals surface area contributed by atoms with Crippen LogP contribution in [0.2, 0.25) is 0 Å². The number of rotatable bonds is 12. The third-order valence-corrected chi connectivity index (χ3v) is 6.52. The van der Waals surface area contributed by atoms with Gasteiger partial charge in [-0.3, -0.25) is 14.3 Å². The summed E-state index contributed by atoms with van der Waals surface area (Å²) in [4.78, 5) is 24.6. The average molecular weight is 488 g/mol. The van der Waals surface area contributed by atoms with Crippen molar-refractivity contribution in [1.82, 2.24) is 9.78 Å². The molecule has 2 rings (SSSR count). The highest BCUT2D eigenvalue weighted by Crippen LogP contribution is 2.39. The van der Waals surface area contributed by atoms with Crippen molar-refractivity contribution in [3.63, 3.8) is 0 Å². The smallest absolute Gasteiger partial charge is 0.229 e. The van der Waals surface area contributed by atoms with Gasteiger partial charge in [-0.05, 0) is 42.4 Å². The fraction of sp³-hybridized carbons (Fsp3) is 0.519. The maximum Gasteiger partial charge on any atom is 0.229 e. The number of carbonyl (C=O) groups excluding carboxylic acids is 2. The van der Waals surface area contributed by atoms with E-state index in [2.05, 4.69) is 47.0 Å². The van der Waals surface area contributed by atoms with Crippen LogP contribution in [0.15, 0.2) is 43.0 Å². The zero-order valence-corrected chi connectivity index (χ0v) is 22.3. The fourth-order valence-electron chi connectivity index (χ4n) is 3.74. The van der Waals surface area contributed by atoms with Crippen LogP contribution in [0.1, 0.15) is 72.3 Å². The second-order valence-corrected chi connectivity index (χ2v) is 11.0. The van der Waals surface area contributed by atoms with Crippen molar-refractivity contribution >= 4 is 26.7 Å². The molecule has 0 radical (unpaired) electrons. The van der Waals surface area contributed by atoms with Gasteiger partial charge in [0.05, 0.1) is 5.69 Å². The number of halogens is 1. The molecule has 1 aromatic heterocycles. The van der Waals surface area contributed by atoms with Crippen LogP contribution in [0.4, 0.5) is 10.2 Å². The number of hydrogen-bond donors (Lipinski definition) is 1. The highest BCUT2D eigenvalue weighted by atomic mass is 31.0. The summed E-state index contributed by atoms with van der Waals surface area (Å²) in [7, 11) is 2.34. The molecule has 186 valence electrons. The van der Waals surface area contributed by atoms with E-state index in [0.29, 0.717) is 30.8 Å². The van der Waals surface area contributed by atoms with Gasteiger partial charge in [-0.25, -0.2) is 4.39 Å². The number of nitrogens with one attached hydrogen (secondary N) is 1. The van der Waals surface area contributed by atoms with Crippen molar-refractivity contribution in [1.29, 1.82) is 0 Å². The minimum absolute atomic E-state index is 0.0993. The Balaban J connectivity index is 2.40. The second-order valence-electron chi connectivity index (χ2n) is 10.1. The lowest BCUT2D eigenvalue weighted by Gasteiger charge is -2.21. The van der Waals surface area contributed by atoms with E-state index in [4.69, 9.17) is 0 Å². The normalized spacial score (nSPS) is 14.3. The Labute approximate surface area is 205 Å². The lowest BCUT2D eigenvalue weighted by atomic mass is 9.92. The van der Waals surface area contributed by atoms with Gasteiger partial charge in [-0.2, -0.15) is 5.10 Å². The third kappa shape index (κ3) is 7.87. The van der Waals surface area contributed by atoms with Crippen LogP contribution in [-0.2, 0) is 21.5 Å². The predicted molar refractivity (Wildman–Crippen MR) is 141 cm³/mol. The first-order valence-electron chi connectivity index (χ1n) is 12.0. The molecule has 0 saturated carbocycles. The minimum Gasteiger partial charge on any atom is -0.309 e. The summed E-state index contributed by atoms with van der Waals surface area (Å²) in [6.07, 6.45) is 3.93. The van der Waals surface area contributed by atoms with Gasteiger partial charge in [0, 0.05) is 30.5 Å². The zero-order valence-electron chi connectivity index (χ0n) is 21.2. The minimum atomic E-state index is -1.50. The van der Waals surface area contributed by atoms with Crippen molar-refractivity contribution in [3.05, 3.63) is 48.6 Å². The van der Waals surface area contributed by atoms with Gasteiger partial charge >= 0.3 is 0 Å². The summed E-state index contributed by atoms with van der Waals surface area (Å²) in [5.41, 5.74) is 2.35. The molecule has 34 heavy (non-hydrogen) atoms. The molecule has 2 aromatic rings. The third-order valence-electron chi connectivity index (χ3n) is 5.90. The van der Waals surface area contributed by atoms with Crippen molar-refractivity contribution in [2.24, 2.45) is 11.3 Å². The van der Waals surface area contributed by atoms with E-state index in [1.165, 1.54) is 6.08 Å². The number of aryl methyl sites for hydroxylation is 1. The molecule has 0 aliphatic carbocycles. The molecule has 0 fully saturated rings. The molecule has 3 unspecified atom stereocenters. The highest BCUT2D eigenvalue weighted by Gasteiger charge is 2.26. The van der Waals surface area contributed by atoms with Crippen molar-refractivity contribution in [2.45, 2.75) is 78.7 Å². The van der Waals surface area contributed by atoms with Crippen LogP contribution in [0.25, 0.3) is 11.3 Å². The number of ketones is 1. The number of carbonyl (C=O) groups is 2. The summed E-state index contributed by atoms with van der Waals surface area (Å²) in [6.45, 7) is 14.5. The Morgan fingerprint density at radius 1 is 1.24 bits per heavy atom. The topological polar surface area (TPSA) is 64.0 Å². The number of alkyl halides is 1. The molecule has 0 spiro atoms. The Hall–Kier alpha value is -2.33. The number of amides is 1. The van der Waals surface area contributed by atoms with Crippen molar-refractivity contribution < 1.29 is 14.0 Å². The fourth-order valence-corrected chi connectivity index (χ4v) is 4.21. The van der Waals surface area contributed by atoms with Crippen molar-refractivity contribution in [3.8, 4) is 11.3 Å². The second kappa shape index (κ2) is 11.9. The van der Waals surface area contributed by atoms with Crippen LogP contribution < -0.4 is 5.32 Å². The van der Waals surface area contributed by atoms with E-state index >= 15 is 4.39 Å². The molecule has 7 heteroatoms. The van der Waals surface area contributed by atoms with Crippen LogP contribution in [0, 0.1) is 11.3 Å². The standard InChI is InChI=1S/C27H39FN3O2P/c1-7-13-27(28,34)21-12-10-11-20(16-21)23-18-24(30-31(23)15-14-26(4,5)6)29-25(33)19(8-2)17-22(32)9-3/h9-12,16,18-19H,3,7-8,13-15,17,34H2,1-2,4-6H3,(H,29,30,33). The summed E-state index contributed by atoms with van der Waals surface area (Å²) >= 11 is 0. The molecule has 0 aliphatic rings. The first-order valence-corrected chi connectivity index (χ1v) is 12.6. The Bertz CT molecular complexity index is 1010. The quantitative estimate of drug-likeness (QED) is 0.262. The molecule has 1 N–H and O–H groups in total. The molecule has 0 bridgehead atoms. The van der Waals surface area contributed by atoms with Crippen molar-refractivity contribution in [2.75, 3.05) is 5.32 Å². The molecule has 0 aliphatic heterocycles. The lowest BCUT2D eigenvalue weighted by molar-refractivity contribution is -0.124. The summed E-state index contributed by atoms with van der Waals surface area (Å²) in [5.74, 6) is -0.423. The van der Waals surface area contributed by atoms with E-state index < -0.39 is 11.3 Å². The van der Waals surface area contributed by atoms with Gasteiger partial charge in [-0.1, -0.05) is 75.1 Å². The summed E-state index contributed by atoms with van der Waals surface area (Å²) in [6, 6.07) is 9.27. The highest BCUT2D eigenvalue weighted by molar-refractivity contribution is 7.18. The molecule has 1 aromatic carbocycles. The molecular weight excluding hydrogens is 448 g/mol. The summed E-state index contributed by atoms with van der Waals surface area (Å²) in [5, 5.41) is 6.04. The molecular formula is C27H39FN3O2P. The van der Waals surface area contributed by atoms with E-state index in [1.54, 1.807) is 6.07 Å². The van der Waals surface area contributed by atoms with Gasteiger partial charge in [-0.15, -0.1) is 0 Å². The number of anilines is 1. The van der Waals surface area contributed by atoms with Crippen LogP contribution >= 0.6 is 9.24 Å². The van der Waals surface area contributed by atoms with E-state index in [9.17, 15) is 9.59 Å². The molecule has 1 heterocycles. The number of hydrogen-bond acceptors (Lipinski definition) is 3. The predicted octanol–water partition coefficient (Wildman–Crippen LogP) is 6.89. The van der Waals surface area contributed by atoms with Crippen LogP contribution in [-0.4, -0.2) is 21.5 Å². The number of aromatic nitrogens is 2. The Morgan fingerprint density at radius 2 is 1.94 bits per heavy atom. The first kappa shape index (κ1) is 27.9. The zero-order chi connectivity index (χ0) is 25.5. The van der Waals surface area contributed by atoms with Gasteiger partial charge < -0.3 is 5.32 Å². The van der Waals surface area contributed by atoms with Gasteiger partial charge in [0.1, 0.15) is 5.41 Å². The van der Waals surface area contributed by atoms with Gasteiger partial charge in [0.2, 0.25) is 5.91 Å². The molecule has 0 saturated heterocycles.